The number of halogens is 1. The molecule has 0 fully saturated rings. The lowest BCUT2D eigenvalue weighted by atomic mass is 9.98. The van der Waals surface area contributed by atoms with Gasteiger partial charge in [0.15, 0.2) is 0 Å². The van der Waals surface area contributed by atoms with Crippen LogP contribution >= 0.6 is 0 Å². The van der Waals surface area contributed by atoms with Gasteiger partial charge in [-0.1, -0.05) is 42.5 Å². The number of nitrogens with two attached hydrogens (primary N) is 1. The number of nitrogens with one attached hydrogen (secondary N) is 1. The van der Waals surface area contributed by atoms with Crippen molar-refractivity contribution < 1.29 is 9.18 Å². The summed E-state index contributed by atoms with van der Waals surface area (Å²) in [6.07, 6.45) is 0.618. The Labute approximate surface area is 124 Å². The van der Waals surface area contributed by atoms with Gasteiger partial charge in [0, 0.05) is 13.1 Å². The highest BCUT2D eigenvalue weighted by atomic mass is 19.1. The van der Waals surface area contributed by atoms with Crippen molar-refractivity contribution >= 4 is 5.91 Å². The first-order valence-corrected chi connectivity index (χ1v) is 6.95. The van der Waals surface area contributed by atoms with E-state index >= 15 is 0 Å². The average Bonchev–Trinajstić information content (AvgIpc) is 2.52. The molecule has 2 aromatic rings. The Morgan fingerprint density at radius 1 is 1.05 bits per heavy atom. The Morgan fingerprint density at radius 3 is 2.33 bits per heavy atom. The molecule has 2 aromatic carbocycles. The van der Waals surface area contributed by atoms with E-state index in [1.165, 1.54) is 12.1 Å². The molecular weight excluding hydrogens is 267 g/mol. The predicted octanol–water partition coefficient (Wildman–Crippen LogP) is 2.26. The van der Waals surface area contributed by atoms with Gasteiger partial charge in [0.05, 0.1) is 5.92 Å². The van der Waals surface area contributed by atoms with Gasteiger partial charge >= 0.3 is 0 Å². The fourth-order valence-corrected chi connectivity index (χ4v) is 2.12. The number of carbonyl (C=O) groups is 1. The van der Waals surface area contributed by atoms with Crippen LogP contribution in [0.5, 0.6) is 0 Å². The first kappa shape index (κ1) is 15.2. The highest BCUT2D eigenvalue weighted by molar-refractivity contribution is 5.79. The SMILES string of the molecule is NCC(Cc1ccccc1)C(=O)NCc1ccc(F)cc1. The van der Waals surface area contributed by atoms with Crippen molar-refractivity contribution in [3.05, 3.63) is 71.5 Å². The van der Waals surface area contributed by atoms with Gasteiger partial charge in [-0.15, -0.1) is 0 Å². The van der Waals surface area contributed by atoms with Crippen LogP contribution in [-0.4, -0.2) is 12.5 Å². The molecule has 0 aliphatic carbocycles. The molecule has 0 aliphatic rings. The summed E-state index contributed by atoms with van der Waals surface area (Å²) in [7, 11) is 0. The second kappa shape index (κ2) is 7.55. The molecule has 0 spiro atoms. The van der Waals surface area contributed by atoms with Crippen LogP contribution in [0, 0.1) is 11.7 Å². The van der Waals surface area contributed by atoms with Crippen molar-refractivity contribution in [3.63, 3.8) is 0 Å². The van der Waals surface area contributed by atoms with Crippen LogP contribution in [0.1, 0.15) is 11.1 Å². The molecule has 3 nitrogen and oxygen atoms in total. The number of rotatable bonds is 6. The van der Waals surface area contributed by atoms with Gasteiger partial charge in [-0.05, 0) is 29.7 Å². The molecule has 0 aliphatic heterocycles. The summed E-state index contributed by atoms with van der Waals surface area (Å²) >= 11 is 0. The fourth-order valence-electron chi connectivity index (χ4n) is 2.12. The van der Waals surface area contributed by atoms with Crippen molar-refractivity contribution in [2.24, 2.45) is 11.7 Å². The monoisotopic (exact) mass is 286 g/mol. The van der Waals surface area contributed by atoms with Crippen LogP contribution in [-0.2, 0) is 17.8 Å². The van der Waals surface area contributed by atoms with Crippen LogP contribution in [0.25, 0.3) is 0 Å². The molecule has 0 heterocycles. The van der Waals surface area contributed by atoms with E-state index in [4.69, 9.17) is 5.73 Å². The maximum atomic E-state index is 12.8. The zero-order valence-electron chi connectivity index (χ0n) is 11.8. The lowest BCUT2D eigenvalue weighted by Gasteiger charge is -2.15. The molecule has 1 amide bonds. The van der Waals surface area contributed by atoms with Gasteiger partial charge < -0.3 is 11.1 Å². The van der Waals surface area contributed by atoms with Gasteiger partial charge in [0.25, 0.3) is 0 Å². The first-order valence-electron chi connectivity index (χ1n) is 6.95. The van der Waals surface area contributed by atoms with E-state index in [1.807, 2.05) is 30.3 Å². The normalized spacial score (nSPS) is 11.9. The van der Waals surface area contributed by atoms with E-state index in [9.17, 15) is 9.18 Å². The van der Waals surface area contributed by atoms with E-state index in [-0.39, 0.29) is 17.6 Å². The van der Waals surface area contributed by atoms with Crippen molar-refractivity contribution in [1.29, 1.82) is 0 Å². The summed E-state index contributed by atoms with van der Waals surface area (Å²) in [5.41, 5.74) is 7.65. The maximum Gasteiger partial charge on any atom is 0.224 e. The summed E-state index contributed by atoms with van der Waals surface area (Å²) in [5, 5.41) is 2.85. The molecular formula is C17H19FN2O. The molecule has 0 aromatic heterocycles. The van der Waals surface area contributed by atoms with Gasteiger partial charge in [0.1, 0.15) is 5.82 Å². The summed E-state index contributed by atoms with van der Waals surface area (Å²) in [6, 6.07) is 15.9. The third-order valence-corrected chi connectivity index (χ3v) is 3.36. The number of hydrogen-bond donors (Lipinski definition) is 2. The molecule has 0 saturated carbocycles. The quantitative estimate of drug-likeness (QED) is 0.856. The molecule has 1 unspecified atom stereocenters. The minimum Gasteiger partial charge on any atom is -0.352 e. The number of amides is 1. The van der Waals surface area contributed by atoms with E-state index in [0.29, 0.717) is 19.5 Å². The van der Waals surface area contributed by atoms with E-state index < -0.39 is 0 Å². The molecule has 3 N–H and O–H groups in total. The number of benzene rings is 2. The Balaban J connectivity index is 1.89. The van der Waals surface area contributed by atoms with Gasteiger partial charge in [0.2, 0.25) is 5.91 Å². The fraction of sp³-hybridized carbons (Fsp3) is 0.235. The summed E-state index contributed by atoms with van der Waals surface area (Å²) in [4.78, 5) is 12.2. The minimum absolute atomic E-state index is 0.0781. The molecule has 1 atom stereocenters. The standard InChI is InChI=1S/C17H19FN2O/c18-16-8-6-14(7-9-16)12-20-17(21)15(11-19)10-13-4-2-1-3-5-13/h1-9,15H,10-12,19H2,(H,20,21). The average molecular weight is 286 g/mol. The number of carbonyl (C=O) groups excluding carboxylic acids is 1. The minimum atomic E-state index is -0.283. The van der Waals surface area contributed by atoms with Crippen LogP contribution in [0.2, 0.25) is 0 Å². The Morgan fingerprint density at radius 2 is 1.71 bits per heavy atom. The topological polar surface area (TPSA) is 55.1 Å². The van der Waals surface area contributed by atoms with Crippen molar-refractivity contribution in [3.8, 4) is 0 Å². The Bertz CT molecular complexity index is 569. The molecule has 2 rings (SSSR count). The Hall–Kier alpha value is -2.20. The number of hydrogen-bond acceptors (Lipinski definition) is 2. The third kappa shape index (κ3) is 4.68. The second-order valence-electron chi connectivity index (χ2n) is 4.97. The van der Waals surface area contributed by atoms with Crippen LogP contribution in [0.3, 0.4) is 0 Å². The zero-order valence-corrected chi connectivity index (χ0v) is 11.8. The smallest absolute Gasteiger partial charge is 0.224 e. The van der Waals surface area contributed by atoms with Crippen molar-refractivity contribution in [2.75, 3.05) is 6.54 Å². The first-order chi connectivity index (χ1) is 10.2. The molecule has 4 heteroatoms. The highest BCUT2D eigenvalue weighted by Gasteiger charge is 2.16. The van der Waals surface area contributed by atoms with Crippen molar-refractivity contribution in [1.82, 2.24) is 5.32 Å². The van der Waals surface area contributed by atoms with Gasteiger partial charge in [-0.3, -0.25) is 4.79 Å². The predicted molar refractivity (Wildman–Crippen MR) is 80.9 cm³/mol. The Kier molecular flexibility index (Phi) is 5.46. The molecule has 0 bridgehead atoms. The summed E-state index contributed by atoms with van der Waals surface area (Å²) in [5.74, 6) is -0.618. The highest BCUT2D eigenvalue weighted by Crippen LogP contribution is 2.09. The molecule has 0 radical (unpaired) electrons. The second-order valence-corrected chi connectivity index (χ2v) is 4.97. The van der Waals surface area contributed by atoms with E-state index in [1.54, 1.807) is 12.1 Å². The molecule has 21 heavy (non-hydrogen) atoms. The van der Waals surface area contributed by atoms with E-state index in [0.717, 1.165) is 11.1 Å². The summed E-state index contributed by atoms with van der Waals surface area (Å²) < 4.78 is 12.8. The van der Waals surface area contributed by atoms with E-state index in [2.05, 4.69) is 5.32 Å². The summed E-state index contributed by atoms with van der Waals surface area (Å²) in [6.45, 7) is 0.675. The lowest BCUT2D eigenvalue weighted by molar-refractivity contribution is -0.124. The zero-order chi connectivity index (χ0) is 15.1. The van der Waals surface area contributed by atoms with Crippen molar-refractivity contribution in [2.45, 2.75) is 13.0 Å². The van der Waals surface area contributed by atoms with Crippen LogP contribution in [0.4, 0.5) is 4.39 Å². The van der Waals surface area contributed by atoms with Crippen LogP contribution in [0.15, 0.2) is 54.6 Å². The third-order valence-electron chi connectivity index (χ3n) is 3.36. The van der Waals surface area contributed by atoms with Gasteiger partial charge in [-0.2, -0.15) is 0 Å². The molecule has 110 valence electrons. The lowest BCUT2D eigenvalue weighted by Crippen LogP contribution is -2.35. The molecule has 0 saturated heterocycles. The largest absolute Gasteiger partial charge is 0.352 e. The van der Waals surface area contributed by atoms with Gasteiger partial charge in [-0.25, -0.2) is 4.39 Å². The van der Waals surface area contributed by atoms with Crippen LogP contribution < -0.4 is 11.1 Å². The maximum absolute atomic E-state index is 12.8.